The third-order valence-corrected chi connectivity index (χ3v) is 2.85. The van der Waals surface area contributed by atoms with Crippen LogP contribution < -0.4 is 0 Å². The van der Waals surface area contributed by atoms with Gasteiger partial charge >= 0.3 is 5.97 Å². The first-order valence-corrected chi connectivity index (χ1v) is 6.27. The maximum absolute atomic E-state index is 11.7. The number of aliphatic hydroxyl groups is 1. The Morgan fingerprint density at radius 2 is 2.22 bits per heavy atom. The number of Topliss-reactive ketones (excluding diaryl/α,β-unsaturated/α-hetero) is 1. The maximum atomic E-state index is 11.7. The van der Waals surface area contributed by atoms with Gasteiger partial charge in [-0.25, -0.2) is 0 Å². The fourth-order valence-corrected chi connectivity index (χ4v) is 1.85. The summed E-state index contributed by atoms with van der Waals surface area (Å²) in [5.74, 6) is -0.352. The normalized spacial score (nSPS) is 20.7. The predicted octanol–water partition coefficient (Wildman–Crippen LogP) is -0.408. The van der Waals surface area contributed by atoms with Crippen LogP contribution in [0.2, 0.25) is 0 Å². The van der Waals surface area contributed by atoms with Gasteiger partial charge in [-0.1, -0.05) is 0 Å². The highest BCUT2D eigenvalue weighted by Crippen LogP contribution is 2.07. The van der Waals surface area contributed by atoms with Gasteiger partial charge in [-0.15, -0.1) is 0 Å². The molecule has 1 rings (SSSR count). The number of carbonyl (C=O) groups excluding carboxylic acids is 2. The predicted molar refractivity (Wildman–Crippen MR) is 64.1 cm³/mol. The van der Waals surface area contributed by atoms with Gasteiger partial charge < -0.3 is 14.6 Å². The Kier molecular flexibility index (Phi) is 6.85. The summed E-state index contributed by atoms with van der Waals surface area (Å²) in [6.45, 7) is 3.96. The summed E-state index contributed by atoms with van der Waals surface area (Å²) in [7, 11) is 0. The molecule has 18 heavy (non-hydrogen) atoms. The second-order valence-electron chi connectivity index (χ2n) is 4.23. The van der Waals surface area contributed by atoms with Crippen LogP contribution in [0, 0.1) is 0 Å². The average molecular weight is 259 g/mol. The van der Waals surface area contributed by atoms with Crippen LogP contribution in [0.5, 0.6) is 0 Å². The second-order valence-corrected chi connectivity index (χ2v) is 4.23. The molecule has 1 unspecified atom stereocenters. The topological polar surface area (TPSA) is 76.1 Å². The standard InChI is InChI=1S/C12H21NO5/c1-2-18-12(16)4-3-11(15)7-13-5-6-17-9-10(13)8-14/h10,14H,2-9H2,1H3. The lowest BCUT2D eigenvalue weighted by atomic mass is 10.1. The number of carbonyl (C=O) groups is 2. The molecule has 0 bridgehead atoms. The van der Waals surface area contributed by atoms with Gasteiger partial charge in [0.1, 0.15) is 5.78 Å². The van der Waals surface area contributed by atoms with Crippen molar-refractivity contribution in [3.63, 3.8) is 0 Å². The van der Waals surface area contributed by atoms with Crippen molar-refractivity contribution in [1.29, 1.82) is 0 Å². The molecule has 0 aromatic heterocycles. The second kappa shape index (κ2) is 8.18. The molecule has 1 heterocycles. The number of hydrogen-bond donors (Lipinski definition) is 1. The zero-order chi connectivity index (χ0) is 13.4. The minimum atomic E-state index is -0.341. The summed E-state index contributed by atoms with van der Waals surface area (Å²) < 4.78 is 9.99. The van der Waals surface area contributed by atoms with Crippen LogP contribution in [-0.2, 0) is 19.1 Å². The Morgan fingerprint density at radius 1 is 1.44 bits per heavy atom. The minimum Gasteiger partial charge on any atom is -0.466 e. The van der Waals surface area contributed by atoms with Crippen molar-refractivity contribution in [2.75, 3.05) is 39.5 Å². The van der Waals surface area contributed by atoms with E-state index in [4.69, 9.17) is 14.6 Å². The Hall–Kier alpha value is -0.980. The van der Waals surface area contributed by atoms with Gasteiger partial charge in [0.2, 0.25) is 0 Å². The zero-order valence-corrected chi connectivity index (χ0v) is 10.8. The first kappa shape index (κ1) is 15.1. The first-order valence-electron chi connectivity index (χ1n) is 6.27. The molecule has 6 heteroatoms. The molecule has 104 valence electrons. The van der Waals surface area contributed by atoms with E-state index in [0.29, 0.717) is 26.4 Å². The van der Waals surface area contributed by atoms with Crippen LogP contribution in [0.4, 0.5) is 0 Å². The van der Waals surface area contributed by atoms with Gasteiger partial charge in [-0.05, 0) is 6.92 Å². The molecule has 1 aliphatic heterocycles. The summed E-state index contributed by atoms with van der Waals surface area (Å²) >= 11 is 0. The summed E-state index contributed by atoms with van der Waals surface area (Å²) in [6, 6.07) is -0.120. The number of hydrogen-bond acceptors (Lipinski definition) is 6. The molecule has 0 amide bonds. The van der Waals surface area contributed by atoms with Crippen molar-refractivity contribution in [1.82, 2.24) is 4.90 Å². The highest BCUT2D eigenvalue weighted by atomic mass is 16.5. The van der Waals surface area contributed by atoms with Gasteiger partial charge in [0.15, 0.2) is 0 Å². The van der Waals surface area contributed by atoms with Crippen LogP contribution in [0.25, 0.3) is 0 Å². The average Bonchev–Trinajstić information content (AvgIpc) is 2.37. The van der Waals surface area contributed by atoms with Crippen LogP contribution in [0.1, 0.15) is 19.8 Å². The van der Waals surface area contributed by atoms with E-state index in [0.717, 1.165) is 0 Å². The fraction of sp³-hybridized carbons (Fsp3) is 0.833. The van der Waals surface area contributed by atoms with Gasteiger partial charge in [0.05, 0.1) is 45.4 Å². The smallest absolute Gasteiger partial charge is 0.306 e. The van der Waals surface area contributed by atoms with Crippen LogP contribution >= 0.6 is 0 Å². The number of esters is 1. The molecule has 0 saturated carbocycles. The van der Waals surface area contributed by atoms with Gasteiger partial charge in [0, 0.05) is 13.0 Å². The third-order valence-electron chi connectivity index (χ3n) is 2.85. The number of ketones is 1. The molecule has 0 aromatic carbocycles. The van der Waals surface area contributed by atoms with Crippen LogP contribution in [0.3, 0.4) is 0 Å². The van der Waals surface area contributed by atoms with Crippen molar-refractivity contribution in [3.05, 3.63) is 0 Å². The largest absolute Gasteiger partial charge is 0.466 e. The summed E-state index contributed by atoms with van der Waals surface area (Å²) in [6.07, 6.45) is 0.315. The molecule has 0 aromatic rings. The van der Waals surface area contributed by atoms with Crippen molar-refractivity contribution in [3.8, 4) is 0 Å². The fourth-order valence-electron chi connectivity index (χ4n) is 1.85. The lowest BCUT2D eigenvalue weighted by Crippen LogP contribution is -2.49. The number of ether oxygens (including phenoxy) is 2. The number of aliphatic hydroxyl groups excluding tert-OH is 1. The summed E-state index contributed by atoms with van der Waals surface area (Å²) in [4.78, 5) is 24.7. The molecule has 1 N–H and O–H groups in total. The monoisotopic (exact) mass is 259 g/mol. The van der Waals surface area contributed by atoms with E-state index in [-0.39, 0.29) is 43.8 Å². The highest BCUT2D eigenvalue weighted by molar-refractivity contribution is 5.84. The summed E-state index contributed by atoms with van der Waals surface area (Å²) in [5, 5.41) is 9.16. The lowest BCUT2D eigenvalue weighted by Gasteiger charge is -2.33. The van der Waals surface area contributed by atoms with Crippen LogP contribution in [-0.4, -0.2) is 67.3 Å². The molecule has 1 fully saturated rings. The Labute approximate surface area is 107 Å². The van der Waals surface area contributed by atoms with E-state index < -0.39 is 0 Å². The number of nitrogens with zero attached hydrogens (tertiary/aromatic N) is 1. The Bertz CT molecular complexity index is 282. The van der Waals surface area contributed by atoms with E-state index in [9.17, 15) is 9.59 Å². The zero-order valence-electron chi connectivity index (χ0n) is 10.8. The molecule has 1 saturated heterocycles. The maximum Gasteiger partial charge on any atom is 0.306 e. The highest BCUT2D eigenvalue weighted by Gasteiger charge is 2.24. The van der Waals surface area contributed by atoms with E-state index >= 15 is 0 Å². The van der Waals surface area contributed by atoms with Gasteiger partial charge in [-0.2, -0.15) is 0 Å². The van der Waals surface area contributed by atoms with Crippen LogP contribution in [0.15, 0.2) is 0 Å². The van der Waals surface area contributed by atoms with E-state index in [1.165, 1.54) is 0 Å². The molecule has 0 radical (unpaired) electrons. The van der Waals surface area contributed by atoms with E-state index in [1.54, 1.807) is 6.92 Å². The molecule has 0 aliphatic carbocycles. The molecular weight excluding hydrogens is 238 g/mol. The van der Waals surface area contributed by atoms with Crippen molar-refractivity contribution in [2.24, 2.45) is 0 Å². The third kappa shape index (κ3) is 5.12. The van der Waals surface area contributed by atoms with E-state index in [1.807, 2.05) is 4.90 Å². The molecule has 1 aliphatic rings. The van der Waals surface area contributed by atoms with Crippen molar-refractivity contribution >= 4 is 11.8 Å². The number of morpholine rings is 1. The molecule has 1 atom stereocenters. The molecular formula is C12H21NO5. The first-order chi connectivity index (χ1) is 8.67. The van der Waals surface area contributed by atoms with Gasteiger partial charge in [-0.3, -0.25) is 14.5 Å². The Balaban J connectivity index is 2.27. The summed E-state index contributed by atoms with van der Waals surface area (Å²) in [5.41, 5.74) is 0. The quantitative estimate of drug-likeness (QED) is 0.627. The van der Waals surface area contributed by atoms with E-state index in [2.05, 4.69) is 0 Å². The van der Waals surface area contributed by atoms with Crippen molar-refractivity contribution in [2.45, 2.75) is 25.8 Å². The number of rotatable bonds is 7. The lowest BCUT2D eigenvalue weighted by molar-refractivity contribution is -0.144. The van der Waals surface area contributed by atoms with Crippen molar-refractivity contribution < 1.29 is 24.2 Å². The molecule has 6 nitrogen and oxygen atoms in total. The molecule has 0 spiro atoms. The Morgan fingerprint density at radius 3 is 2.89 bits per heavy atom. The minimum absolute atomic E-state index is 0.0107. The van der Waals surface area contributed by atoms with Gasteiger partial charge in [0.25, 0.3) is 0 Å². The SMILES string of the molecule is CCOC(=O)CCC(=O)CN1CCOCC1CO.